The van der Waals surface area contributed by atoms with Gasteiger partial charge in [-0.15, -0.1) is 4.98 Å². The lowest BCUT2D eigenvalue weighted by Gasteiger charge is -1.93. The molecule has 5 nitrogen and oxygen atoms in total. The number of hydrogen-bond acceptors (Lipinski definition) is 4. The summed E-state index contributed by atoms with van der Waals surface area (Å²) in [6.45, 7) is 6.52. The minimum absolute atomic E-state index is 0.0393. The second-order valence-electron chi connectivity index (χ2n) is 1.78. The minimum atomic E-state index is -1.62. The van der Waals surface area contributed by atoms with Gasteiger partial charge in [-0.25, -0.2) is 0 Å². The number of rotatable bonds is 1. The van der Waals surface area contributed by atoms with Gasteiger partial charge < -0.3 is 14.9 Å². The molecule has 1 rings (SSSR count). The summed E-state index contributed by atoms with van der Waals surface area (Å²) in [5.74, 6) is 0.134. The van der Waals surface area contributed by atoms with Crippen molar-refractivity contribution in [3.8, 4) is 0 Å². The van der Waals surface area contributed by atoms with Crippen LogP contribution in [0.5, 0.6) is 0 Å². The molecule has 0 aromatic carbocycles. The first kappa shape index (κ1) is 7.66. The molecule has 0 aliphatic rings. The monoisotopic (exact) mass is 149 g/mol. The largest absolute Gasteiger partial charge is 0.511 e. The van der Waals surface area contributed by atoms with Crippen molar-refractivity contribution in [3.05, 3.63) is 23.8 Å². The van der Waals surface area contributed by atoms with Crippen LogP contribution >= 0.6 is 0 Å². The van der Waals surface area contributed by atoms with Crippen LogP contribution in [0.3, 0.4) is 0 Å². The van der Waals surface area contributed by atoms with Crippen molar-refractivity contribution in [1.82, 2.24) is 9.97 Å². The highest BCUT2D eigenvalue weighted by molar-refractivity contribution is 6.57. The van der Waals surface area contributed by atoms with E-state index < -0.39 is 7.12 Å². The Labute approximate surface area is 63.3 Å². The topological polar surface area (TPSA) is 70.6 Å². The van der Waals surface area contributed by atoms with E-state index in [1.165, 1.54) is 6.20 Å². The molecule has 0 saturated carbocycles. The molecule has 0 amide bonds. The molecule has 54 valence electrons. The molecule has 6 heteroatoms. The van der Waals surface area contributed by atoms with E-state index in [0.717, 1.165) is 6.20 Å². The van der Waals surface area contributed by atoms with Gasteiger partial charge >= 0.3 is 7.12 Å². The quantitative estimate of drug-likeness (QED) is 0.384. The van der Waals surface area contributed by atoms with E-state index in [1.54, 1.807) is 0 Å². The molecular weight excluding hydrogens is 145 g/mol. The molecule has 11 heavy (non-hydrogen) atoms. The van der Waals surface area contributed by atoms with Crippen molar-refractivity contribution in [2.75, 3.05) is 0 Å². The summed E-state index contributed by atoms with van der Waals surface area (Å²) < 4.78 is 0. The molecule has 2 N–H and O–H groups in total. The normalized spacial score (nSPS) is 8.82. The summed E-state index contributed by atoms with van der Waals surface area (Å²) in [5, 5.41) is 17.1. The van der Waals surface area contributed by atoms with Crippen molar-refractivity contribution in [2.45, 2.75) is 0 Å². The van der Waals surface area contributed by atoms with E-state index in [2.05, 4.69) is 14.8 Å². The average molecular weight is 149 g/mol. The third kappa shape index (κ3) is 1.74. The Morgan fingerprint density at radius 1 is 1.36 bits per heavy atom. The molecule has 1 aromatic heterocycles. The predicted octanol–water partition coefficient (Wildman–Crippen LogP) is -1.29. The number of nitrogens with zero attached hydrogens (tertiary/aromatic N) is 3. The lowest BCUT2D eigenvalue weighted by Crippen LogP contribution is -2.32. The van der Waals surface area contributed by atoms with Crippen LogP contribution in [0.4, 0.5) is 5.82 Å². The molecule has 0 atom stereocenters. The zero-order chi connectivity index (χ0) is 8.27. The summed E-state index contributed by atoms with van der Waals surface area (Å²) in [7, 11) is -1.62. The molecule has 1 aromatic rings. The second kappa shape index (κ2) is 3.10. The van der Waals surface area contributed by atoms with Gasteiger partial charge in [0.05, 0.1) is 6.20 Å². The van der Waals surface area contributed by atoms with Gasteiger partial charge in [0.15, 0.2) is 0 Å². The van der Waals surface area contributed by atoms with E-state index in [9.17, 15) is 0 Å². The van der Waals surface area contributed by atoms with Crippen molar-refractivity contribution in [2.24, 2.45) is 0 Å². The van der Waals surface area contributed by atoms with Crippen LogP contribution in [0.1, 0.15) is 0 Å². The molecule has 0 saturated heterocycles. The molecule has 0 bridgehead atoms. The standard InChI is InChI=1S/C5H4BN3O2/c1-7-5-3-8-4(2-9-5)6(10)11/h2-3,10-11H. The zero-order valence-corrected chi connectivity index (χ0v) is 5.47. The van der Waals surface area contributed by atoms with Crippen LogP contribution in [-0.2, 0) is 0 Å². The van der Waals surface area contributed by atoms with E-state index in [4.69, 9.17) is 16.6 Å². The van der Waals surface area contributed by atoms with E-state index in [1.807, 2.05) is 0 Å². The Hall–Kier alpha value is -1.45. The van der Waals surface area contributed by atoms with Crippen LogP contribution in [0, 0.1) is 6.57 Å². The zero-order valence-electron chi connectivity index (χ0n) is 5.47. The van der Waals surface area contributed by atoms with Crippen molar-refractivity contribution in [1.29, 1.82) is 0 Å². The highest BCUT2D eigenvalue weighted by atomic mass is 16.4. The third-order valence-electron chi connectivity index (χ3n) is 1.04. The van der Waals surface area contributed by atoms with Crippen LogP contribution in [0.2, 0.25) is 0 Å². The molecule has 0 spiro atoms. The first-order valence-corrected chi connectivity index (χ1v) is 2.79. The Morgan fingerprint density at radius 2 is 2.09 bits per heavy atom. The molecular formula is C5H4BN3O2. The van der Waals surface area contributed by atoms with Gasteiger partial charge in [0.25, 0.3) is 5.82 Å². The average Bonchev–Trinajstić information content (AvgIpc) is 2.05. The maximum atomic E-state index is 8.56. The van der Waals surface area contributed by atoms with Gasteiger partial charge in [0, 0.05) is 0 Å². The fourth-order valence-corrected chi connectivity index (χ4v) is 0.522. The van der Waals surface area contributed by atoms with Gasteiger partial charge in [-0.3, -0.25) is 4.98 Å². The van der Waals surface area contributed by atoms with Gasteiger partial charge in [-0.2, -0.15) is 0 Å². The fraction of sp³-hybridized carbons (Fsp3) is 0. The smallest absolute Gasteiger partial charge is 0.422 e. The fourth-order valence-electron chi connectivity index (χ4n) is 0.522. The van der Waals surface area contributed by atoms with Crippen molar-refractivity contribution < 1.29 is 10.0 Å². The molecule has 0 radical (unpaired) electrons. The molecule has 0 aliphatic heterocycles. The van der Waals surface area contributed by atoms with Crippen LogP contribution in [-0.4, -0.2) is 27.1 Å². The SMILES string of the molecule is [C-]#[N+]c1cnc(B(O)O)cn1. The van der Waals surface area contributed by atoms with Gasteiger partial charge in [-0.1, -0.05) is 6.57 Å². The Kier molecular flexibility index (Phi) is 2.16. The van der Waals surface area contributed by atoms with E-state index in [0.29, 0.717) is 0 Å². The minimum Gasteiger partial charge on any atom is -0.422 e. The number of aromatic nitrogens is 2. The maximum absolute atomic E-state index is 8.56. The van der Waals surface area contributed by atoms with Crippen LogP contribution in [0.25, 0.3) is 4.85 Å². The lowest BCUT2D eigenvalue weighted by atomic mass is 9.87. The highest BCUT2D eigenvalue weighted by Crippen LogP contribution is 1.99. The van der Waals surface area contributed by atoms with Crippen molar-refractivity contribution >= 4 is 18.5 Å². The summed E-state index contributed by atoms with van der Waals surface area (Å²) >= 11 is 0. The first-order chi connectivity index (χ1) is 5.24. The Morgan fingerprint density at radius 3 is 2.45 bits per heavy atom. The van der Waals surface area contributed by atoms with Crippen molar-refractivity contribution in [3.63, 3.8) is 0 Å². The molecule has 0 aliphatic carbocycles. The maximum Gasteiger partial charge on any atom is 0.511 e. The van der Waals surface area contributed by atoms with Crippen LogP contribution < -0.4 is 5.59 Å². The van der Waals surface area contributed by atoms with E-state index in [-0.39, 0.29) is 11.4 Å². The second-order valence-corrected chi connectivity index (χ2v) is 1.78. The highest BCUT2D eigenvalue weighted by Gasteiger charge is 2.13. The third-order valence-corrected chi connectivity index (χ3v) is 1.04. The predicted molar refractivity (Wildman–Crippen MR) is 38.1 cm³/mol. The van der Waals surface area contributed by atoms with Gasteiger partial charge in [0.1, 0.15) is 11.8 Å². The molecule has 1 heterocycles. The molecule has 0 unspecified atom stereocenters. The van der Waals surface area contributed by atoms with Crippen LogP contribution in [0.15, 0.2) is 12.4 Å². The molecule has 0 fully saturated rings. The summed E-state index contributed by atoms with van der Waals surface area (Å²) in [6.07, 6.45) is 2.33. The lowest BCUT2D eigenvalue weighted by molar-refractivity contribution is 0.424. The summed E-state index contributed by atoms with van der Waals surface area (Å²) in [6, 6.07) is 0. The first-order valence-electron chi connectivity index (χ1n) is 2.79. The van der Waals surface area contributed by atoms with E-state index >= 15 is 0 Å². The Balaban J connectivity index is 2.94. The van der Waals surface area contributed by atoms with Gasteiger partial charge in [-0.05, 0) is 0 Å². The summed E-state index contributed by atoms with van der Waals surface area (Å²) in [5.41, 5.74) is 0.0393. The summed E-state index contributed by atoms with van der Waals surface area (Å²) in [4.78, 5) is 10.1. The Bertz CT molecular complexity index is 279. The number of hydrogen-bond donors (Lipinski definition) is 2. The van der Waals surface area contributed by atoms with Gasteiger partial charge in [0.2, 0.25) is 0 Å².